The van der Waals surface area contributed by atoms with Gasteiger partial charge in [-0.1, -0.05) is 18.2 Å². The lowest BCUT2D eigenvalue weighted by Crippen LogP contribution is -2.32. The van der Waals surface area contributed by atoms with Crippen LogP contribution in [0.2, 0.25) is 0 Å². The average Bonchev–Trinajstić information content (AvgIpc) is 2.05. The summed E-state index contributed by atoms with van der Waals surface area (Å²) < 4.78 is 5.24. The molecule has 0 spiro atoms. The quantitative estimate of drug-likeness (QED) is 0.537. The normalized spacial score (nSPS) is 9.00. The Morgan fingerprint density at radius 3 is 2.67 bits per heavy atom. The maximum Gasteiger partial charge on any atom is 0.166 e. The highest BCUT2D eigenvalue weighted by atomic mass is 32.1. The molecule has 0 aliphatic heterocycles. The summed E-state index contributed by atoms with van der Waals surface area (Å²) in [4.78, 5) is 0. The molecule has 64 valence electrons. The van der Waals surface area contributed by atoms with E-state index in [1.807, 2.05) is 30.3 Å². The van der Waals surface area contributed by atoms with Gasteiger partial charge < -0.3 is 15.8 Å². The number of rotatable bonds is 3. The van der Waals surface area contributed by atoms with Gasteiger partial charge in [-0.15, -0.1) is 0 Å². The molecule has 0 unspecified atom stereocenters. The minimum Gasteiger partial charge on any atom is -0.473 e. The molecule has 0 fully saturated rings. The minimum atomic E-state index is 0.242. The molecule has 0 saturated carbocycles. The zero-order valence-corrected chi connectivity index (χ0v) is 7.30. The Morgan fingerprint density at radius 1 is 1.42 bits per heavy atom. The highest BCUT2D eigenvalue weighted by molar-refractivity contribution is 7.80. The van der Waals surface area contributed by atoms with Crippen LogP contribution in [0.1, 0.15) is 0 Å². The van der Waals surface area contributed by atoms with E-state index in [4.69, 9.17) is 10.5 Å². The first kappa shape index (κ1) is 8.80. The number of nitrogens with one attached hydrogen (secondary N) is 1. The Bertz CT molecular complexity index is 250. The van der Waals surface area contributed by atoms with Crippen LogP contribution in [0.5, 0.6) is 5.75 Å². The molecule has 0 radical (unpaired) electrons. The van der Waals surface area contributed by atoms with Crippen LogP contribution in [0.25, 0.3) is 0 Å². The molecule has 1 rings (SSSR count). The maximum atomic E-state index is 5.24. The fraction of sp³-hybridized carbons (Fsp3) is 0.125. The van der Waals surface area contributed by atoms with Crippen molar-refractivity contribution in [3.8, 4) is 5.75 Å². The van der Waals surface area contributed by atoms with Crippen LogP contribution < -0.4 is 15.8 Å². The van der Waals surface area contributed by atoms with Crippen molar-refractivity contribution in [2.45, 2.75) is 0 Å². The molecule has 3 nitrogen and oxygen atoms in total. The highest BCUT2D eigenvalue weighted by Crippen LogP contribution is 2.06. The molecule has 0 aromatic heterocycles. The second kappa shape index (κ2) is 4.56. The van der Waals surface area contributed by atoms with Crippen molar-refractivity contribution in [1.29, 1.82) is 0 Å². The highest BCUT2D eigenvalue weighted by Gasteiger charge is 1.89. The SMILES string of the molecule is NC(=S)NCOc1ccccc1. The fourth-order valence-electron chi connectivity index (χ4n) is 0.707. The number of ether oxygens (including phenoxy) is 1. The van der Waals surface area contributed by atoms with Crippen LogP contribution in [-0.4, -0.2) is 11.8 Å². The van der Waals surface area contributed by atoms with Crippen LogP contribution in [0.15, 0.2) is 30.3 Å². The van der Waals surface area contributed by atoms with E-state index in [1.165, 1.54) is 0 Å². The topological polar surface area (TPSA) is 47.3 Å². The summed E-state index contributed by atoms with van der Waals surface area (Å²) in [7, 11) is 0. The molecule has 0 aliphatic rings. The van der Waals surface area contributed by atoms with Gasteiger partial charge in [0.05, 0.1) is 0 Å². The first-order valence-electron chi connectivity index (χ1n) is 3.50. The predicted molar refractivity (Wildman–Crippen MR) is 51.9 cm³/mol. The summed E-state index contributed by atoms with van der Waals surface area (Å²) in [6, 6.07) is 9.45. The van der Waals surface area contributed by atoms with E-state index in [-0.39, 0.29) is 5.11 Å². The Hall–Kier alpha value is -1.29. The predicted octanol–water partition coefficient (Wildman–Crippen LogP) is 0.856. The van der Waals surface area contributed by atoms with Crippen molar-refractivity contribution in [2.24, 2.45) is 5.73 Å². The van der Waals surface area contributed by atoms with Crippen LogP contribution >= 0.6 is 12.2 Å². The third-order valence-electron chi connectivity index (χ3n) is 1.23. The Kier molecular flexibility index (Phi) is 3.35. The Labute approximate surface area is 76.5 Å². The van der Waals surface area contributed by atoms with Gasteiger partial charge in [0.2, 0.25) is 0 Å². The number of benzene rings is 1. The van der Waals surface area contributed by atoms with Crippen LogP contribution in [0.3, 0.4) is 0 Å². The Balaban J connectivity index is 2.29. The van der Waals surface area contributed by atoms with E-state index in [2.05, 4.69) is 17.5 Å². The second-order valence-electron chi connectivity index (χ2n) is 2.14. The molecular weight excluding hydrogens is 172 g/mol. The lowest BCUT2D eigenvalue weighted by atomic mass is 10.3. The number of hydrogen-bond donors (Lipinski definition) is 2. The van der Waals surface area contributed by atoms with Crippen LogP contribution in [-0.2, 0) is 0 Å². The molecule has 0 heterocycles. The van der Waals surface area contributed by atoms with Gasteiger partial charge in [0, 0.05) is 0 Å². The van der Waals surface area contributed by atoms with Gasteiger partial charge in [0.25, 0.3) is 0 Å². The summed E-state index contributed by atoms with van der Waals surface area (Å²) in [6.07, 6.45) is 0. The van der Waals surface area contributed by atoms with Crippen LogP contribution in [0.4, 0.5) is 0 Å². The molecular formula is C8H10N2OS. The summed E-state index contributed by atoms with van der Waals surface area (Å²) in [5, 5.41) is 2.92. The third kappa shape index (κ3) is 3.21. The molecule has 1 aromatic rings. The van der Waals surface area contributed by atoms with Gasteiger partial charge in [-0.3, -0.25) is 0 Å². The van der Waals surface area contributed by atoms with Crippen molar-refractivity contribution >= 4 is 17.3 Å². The Morgan fingerprint density at radius 2 is 2.08 bits per heavy atom. The van der Waals surface area contributed by atoms with Gasteiger partial charge in [-0.25, -0.2) is 0 Å². The van der Waals surface area contributed by atoms with Gasteiger partial charge >= 0.3 is 0 Å². The van der Waals surface area contributed by atoms with Crippen molar-refractivity contribution in [3.63, 3.8) is 0 Å². The lowest BCUT2D eigenvalue weighted by Gasteiger charge is -2.06. The molecule has 1 aromatic carbocycles. The van der Waals surface area contributed by atoms with E-state index in [0.29, 0.717) is 6.73 Å². The lowest BCUT2D eigenvalue weighted by molar-refractivity contribution is 0.309. The maximum absolute atomic E-state index is 5.24. The summed E-state index contributed by atoms with van der Waals surface area (Å²) in [5.41, 5.74) is 5.20. The molecule has 0 amide bonds. The molecule has 0 saturated heterocycles. The van der Waals surface area contributed by atoms with Gasteiger partial charge in [0.15, 0.2) is 11.8 Å². The molecule has 3 N–H and O–H groups in total. The zero-order chi connectivity index (χ0) is 8.81. The summed E-state index contributed by atoms with van der Waals surface area (Å²) >= 11 is 4.60. The number of para-hydroxylation sites is 1. The smallest absolute Gasteiger partial charge is 0.166 e. The summed E-state index contributed by atoms with van der Waals surface area (Å²) in [5.74, 6) is 0.793. The zero-order valence-electron chi connectivity index (χ0n) is 6.49. The number of hydrogen-bond acceptors (Lipinski definition) is 2. The largest absolute Gasteiger partial charge is 0.473 e. The standard InChI is InChI=1S/C8H10N2OS/c9-8(12)10-6-11-7-4-2-1-3-5-7/h1-5H,6H2,(H3,9,10,12). The number of thiocarbonyl (C=S) groups is 1. The van der Waals surface area contributed by atoms with Crippen molar-refractivity contribution in [3.05, 3.63) is 30.3 Å². The summed E-state index contributed by atoms with van der Waals surface area (Å²) in [6.45, 7) is 0.305. The first-order valence-corrected chi connectivity index (χ1v) is 3.91. The van der Waals surface area contributed by atoms with E-state index in [0.717, 1.165) is 5.75 Å². The van der Waals surface area contributed by atoms with Gasteiger partial charge in [-0.05, 0) is 24.4 Å². The monoisotopic (exact) mass is 182 g/mol. The fourth-order valence-corrected chi connectivity index (χ4v) is 0.766. The van der Waals surface area contributed by atoms with Crippen molar-refractivity contribution < 1.29 is 4.74 Å². The van der Waals surface area contributed by atoms with Gasteiger partial charge in [0.1, 0.15) is 5.75 Å². The minimum absolute atomic E-state index is 0.242. The molecule has 4 heteroatoms. The average molecular weight is 182 g/mol. The molecule has 0 aliphatic carbocycles. The second-order valence-corrected chi connectivity index (χ2v) is 2.58. The van der Waals surface area contributed by atoms with E-state index < -0.39 is 0 Å². The first-order chi connectivity index (χ1) is 5.79. The molecule has 12 heavy (non-hydrogen) atoms. The van der Waals surface area contributed by atoms with Gasteiger partial charge in [-0.2, -0.15) is 0 Å². The molecule has 0 atom stereocenters. The van der Waals surface area contributed by atoms with E-state index in [9.17, 15) is 0 Å². The van der Waals surface area contributed by atoms with Crippen molar-refractivity contribution in [1.82, 2.24) is 5.32 Å². The molecule has 0 bridgehead atoms. The van der Waals surface area contributed by atoms with Crippen LogP contribution in [0, 0.1) is 0 Å². The van der Waals surface area contributed by atoms with Crippen molar-refractivity contribution in [2.75, 3.05) is 6.73 Å². The van der Waals surface area contributed by atoms with E-state index >= 15 is 0 Å². The number of nitrogens with two attached hydrogens (primary N) is 1. The third-order valence-corrected chi connectivity index (χ3v) is 1.37. The van der Waals surface area contributed by atoms with E-state index in [1.54, 1.807) is 0 Å².